The highest BCUT2D eigenvalue weighted by atomic mass is 16.2. The fraction of sp³-hybridized carbons (Fsp3) is 0.611. The molecule has 1 amide bonds. The van der Waals surface area contributed by atoms with Crippen molar-refractivity contribution in [1.82, 2.24) is 9.80 Å². The number of nitrogens with zero attached hydrogens (tertiary/aromatic N) is 2. The Kier molecular flexibility index (Phi) is 5.40. The van der Waals surface area contributed by atoms with Gasteiger partial charge in [-0.1, -0.05) is 51.1 Å². The summed E-state index contributed by atoms with van der Waals surface area (Å²) in [6.07, 6.45) is 2.33. The molecule has 0 aromatic heterocycles. The van der Waals surface area contributed by atoms with Gasteiger partial charge >= 0.3 is 0 Å². The molecule has 1 heterocycles. The number of carbonyl (C=O) groups is 1. The summed E-state index contributed by atoms with van der Waals surface area (Å²) >= 11 is 0. The predicted molar refractivity (Wildman–Crippen MR) is 87.2 cm³/mol. The van der Waals surface area contributed by atoms with E-state index in [2.05, 4.69) is 35.2 Å². The van der Waals surface area contributed by atoms with Crippen molar-refractivity contribution in [2.45, 2.75) is 33.6 Å². The molecule has 0 unspecified atom stereocenters. The maximum atomic E-state index is 12.2. The van der Waals surface area contributed by atoms with Crippen LogP contribution in [0.4, 0.5) is 0 Å². The molecule has 1 saturated heterocycles. The molecule has 116 valence electrons. The molecule has 1 aliphatic rings. The second kappa shape index (κ2) is 7.08. The number of benzene rings is 1. The molecule has 1 fully saturated rings. The Labute approximate surface area is 128 Å². The Balaban J connectivity index is 1.69. The molecule has 0 spiro atoms. The fourth-order valence-electron chi connectivity index (χ4n) is 2.80. The number of aryl methyl sites for hydroxylation is 1. The number of carbonyl (C=O) groups excluding carboxylic acids is 1. The van der Waals surface area contributed by atoms with Crippen molar-refractivity contribution in [1.29, 1.82) is 0 Å². The van der Waals surface area contributed by atoms with E-state index in [1.54, 1.807) is 0 Å². The van der Waals surface area contributed by atoms with E-state index >= 15 is 0 Å². The molecule has 1 aromatic carbocycles. The molecule has 1 aromatic rings. The van der Waals surface area contributed by atoms with Crippen molar-refractivity contribution >= 4 is 5.91 Å². The largest absolute Gasteiger partial charge is 0.340 e. The Morgan fingerprint density at radius 3 is 2.24 bits per heavy atom. The SMILES string of the molecule is CC(C)(C)C(=O)N1CCN(CCCc2ccccc2)CC1. The van der Waals surface area contributed by atoms with Gasteiger partial charge in [-0.3, -0.25) is 9.69 Å². The lowest BCUT2D eigenvalue weighted by Crippen LogP contribution is -2.51. The molecule has 2 rings (SSSR count). The van der Waals surface area contributed by atoms with E-state index in [0.29, 0.717) is 0 Å². The van der Waals surface area contributed by atoms with E-state index in [1.165, 1.54) is 12.0 Å². The number of piperazine rings is 1. The summed E-state index contributed by atoms with van der Waals surface area (Å²) in [5, 5.41) is 0. The highest BCUT2D eigenvalue weighted by molar-refractivity contribution is 5.81. The molecule has 3 heteroatoms. The zero-order valence-electron chi connectivity index (χ0n) is 13.6. The Bertz CT molecular complexity index is 442. The van der Waals surface area contributed by atoms with Gasteiger partial charge in [0.1, 0.15) is 0 Å². The highest BCUT2D eigenvalue weighted by Crippen LogP contribution is 2.18. The first-order valence-electron chi connectivity index (χ1n) is 8.02. The molecule has 0 atom stereocenters. The molecule has 0 saturated carbocycles. The van der Waals surface area contributed by atoms with Crippen LogP contribution in [-0.2, 0) is 11.2 Å². The van der Waals surface area contributed by atoms with Gasteiger partial charge in [0.15, 0.2) is 0 Å². The van der Waals surface area contributed by atoms with Crippen molar-refractivity contribution in [3.05, 3.63) is 35.9 Å². The van der Waals surface area contributed by atoms with Crippen LogP contribution in [0.25, 0.3) is 0 Å². The van der Waals surface area contributed by atoms with Crippen molar-refractivity contribution in [3.8, 4) is 0 Å². The average Bonchev–Trinajstić information content (AvgIpc) is 2.47. The summed E-state index contributed by atoms with van der Waals surface area (Å²) in [6, 6.07) is 10.7. The van der Waals surface area contributed by atoms with Gasteiger partial charge in [0.25, 0.3) is 0 Å². The molecule has 0 radical (unpaired) electrons. The van der Waals surface area contributed by atoms with Crippen molar-refractivity contribution in [2.24, 2.45) is 5.41 Å². The molecule has 0 bridgehead atoms. The average molecular weight is 288 g/mol. The van der Waals surface area contributed by atoms with Crippen LogP contribution in [0.3, 0.4) is 0 Å². The topological polar surface area (TPSA) is 23.6 Å². The summed E-state index contributed by atoms with van der Waals surface area (Å²) in [5.74, 6) is 0.284. The van der Waals surface area contributed by atoms with Crippen molar-refractivity contribution in [3.63, 3.8) is 0 Å². The van der Waals surface area contributed by atoms with Gasteiger partial charge in [0.2, 0.25) is 5.91 Å². The van der Waals surface area contributed by atoms with Gasteiger partial charge in [-0.15, -0.1) is 0 Å². The summed E-state index contributed by atoms with van der Waals surface area (Å²) < 4.78 is 0. The third kappa shape index (κ3) is 4.85. The maximum absolute atomic E-state index is 12.2. The Morgan fingerprint density at radius 2 is 1.67 bits per heavy atom. The van der Waals surface area contributed by atoms with E-state index in [4.69, 9.17) is 0 Å². The van der Waals surface area contributed by atoms with Crippen LogP contribution in [0.5, 0.6) is 0 Å². The Hall–Kier alpha value is -1.35. The lowest BCUT2D eigenvalue weighted by atomic mass is 9.94. The van der Waals surface area contributed by atoms with Crippen LogP contribution in [0.1, 0.15) is 32.8 Å². The van der Waals surface area contributed by atoms with Crippen LogP contribution < -0.4 is 0 Å². The van der Waals surface area contributed by atoms with Crippen molar-refractivity contribution in [2.75, 3.05) is 32.7 Å². The lowest BCUT2D eigenvalue weighted by Gasteiger charge is -2.37. The zero-order chi connectivity index (χ0) is 15.3. The summed E-state index contributed by atoms with van der Waals surface area (Å²) in [5.41, 5.74) is 1.16. The molecule has 0 aliphatic carbocycles. The summed E-state index contributed by atoms with van der Waals surface area (Å²) in [6.45, 7) is 10.9. The third-order valence-electron chi connectivity index (χ3n) is 4.08. The molecular weight excluding hydrogens is 260 g/mol. The van der Waals surface area contributed by atoms with Gasteiger partial charge in [0.05, 0.1) is 0 Å². The number of rotatable bonds is 4. The first-order chi connectivity index (χ1) is 9.97. The molecule has 1 aliphatic heterocycles. The van der Waals surface area contributed by atoms with Crippen LogP contribution in [-0.4, -0.2) is 48.4 Å². The van der Waals surface area contributed by atoms with E-state index in [9.17, 15) is 4.79 Å². The maximum Gasteiger partial charge on any atom is 0.228 e. The van der Waals surface area contributed by atoms with Crippen LogP contribution in [0.15, 0.2) is 30.3 Å². The minimum absolute atomic E-state index is 0.254. The van der Waals surface area contributed by atoms with E-state index < -0.39 is 0 Å². The van der Waals surface area contributed by atoms with E-state index in [1.807, 2.05) is 25.7 Å². The zero-order valence-corrected chi connectivity index (χ0v) is 13.6. The smallest absolute Gasteiger partial charge is 0.228 e. The monoisotopic (exact) mass is 288 g/mol. The van der Waals surface area contributed by atoms with Gasteiger partial charge in [0, 0.05) is 31.6 Å². The molecule has 0 N–H and O–H groups in total. The standard InChI is InChI=1S/C18H28N2O/c1-18(2,3)17(21)20-14-12-19(13-15-20)11-7-10-16-8-5-4-6-9-16/h4-6,8-9H,7,10-15H2,1-3H3. The highest BCUT2D eigenvalue weighted by Gasteiger charge is 2.29. The minimum atomic E-state index is -0.254. The number of hydrogen-bond acceptors (Lipinski definition) is 2. The number of hydrogen-bond donors (Lipinski definition) is 0. The van der Waals surface area contributed by atoms with Gasteiger partial charge in [-0.25, -0.2) is 0 Å². The summed E-state index contributed by atoms with van der Waals surface area (Å²) in [7, 11) is 0. The minimum Gasteiger partial charge on any atom is -0.340 e. The van der Waals surface area contributed by atoms with Crippen molar-refractivity contribution < 1.29 is 4.79 Å². The van der Waals surface area contributed by atoms with Gasteiger partial charge in [-0.05, 0) is 24.9 Å². The Morgan fingerprint density at radius 1 is 1.05 bits per heavy atom. The quantitative estimate of drug-likeness (QED) is 0.850. The van der Waals surface area contributed by atoms with E-state index in [-0.39, 0.29) is 11.3 Å². The predicted octanol–water partition coefficient (Wildman–Crippen LogP) is 2.81. The molecule has 3 nitrogen and oxygen atoms in total. The third-order valence-corrected chi connectivity index (χ3v) is 4.08. The number of amides is 1. The lowest BCUT2D eigenvalue weighted by molar-refractivity contribution is -0.141. The second-order valence-corrected chi connectivity index (χ2v) is 6.97. The van der Waals surface area contributed by atoms with Crippen LogP contribution in [0.2, 0.25) is 0 Å². The van der Waals surface area contributed by atoms with Gasteiger partial charge < -0.3 is 4.90 Å². The second-order valence-electron chi connectivity index (χ2n) is 6.97. The summed E-state index contributed by atoms with van der Waals surface area (Å²) in [4.78, 5) is 16.7. The molecular formula is C18H28N2O. The first-order valence-corrected chi connectivity index (χ1v) is 8.02. The van der Waals surface area contributed by atoms with Crippen LogP contribution >= 0.6 is 0 Å². The molecule has 21 heavy (non-hydrogen) atoms. The van der Waals surface area contributed by atoms with Gasteiger partial charge in [-0.2, -0.15) is 0 Å². The van der Waals surface area contributed by atoms with Crippen LogP contribution in [0, 0.1) is 5.41 Å². The normalized spacial score (nSPS) is 17.0. The van der Waals surface area contributed by atoms with E-state index in [0.717, 1.165) is 39.1 Å². The first kappa shape index (κ1) is 16.0. The fourth-order valence-corrected chi connectivity index (χ4v) is 2.80.